The number of aromatic nitrogens is 5. The quantitative estimate of drug-likeness (QED) is 0.608. The molecule has 0 saturated carbocycles. The number of anilines is 1. The van der Waals surface area contributed by atoms with Gasteiger partial charge in [0.25, 0.3) is 0 Å². The van der Waals surface area contributed by atoms with Crippen LogP contribution in [-0.2, 0) is 13.5 Å². The molecule has 2 aromatic heterocycles. The van der Waals surface area contributed by atoms with Crippen molar-refractivity contribution in [1.29, 1.82) is 0 Å². The Morgan fingerprint density at radius 2 is 2.10 bits per heavy atom. The molecule has 0 amide bonds. The first-order chi connectivity index (χ1) is 10.0. The Kier molecular flexibility index (Phi) is 4.73. The molecule has 21 heavy (non-hydrogen) atoms. The molecule has 2 heterocycles. The molecule has 0 aromatic carbocycles. The maximum Gasteiger partial charge on any atom is 0.339 e. The second kappa shape index (κ2) is 6.53. The third-order valence-electron chi connectivity index (χ3n) is 2.62. The summed E-state index contributed by atoms with van der Waals surface area (Å²) in [4.78, 5) is 35.1. The van der Waals surface area contributed by atoms with E-state index >= 15 is 0 Å². The molecule has 0 aliphatic heterocycles. The zero-order valence-electron chi connectivity index (χ0n) is 12.0. The molecule has 0 radical (unpaired) electrons. The van der Waals surface area contributed by atoms with Crippen LogP contribution in [0.5, 0.6) is 0 Å². The number of hydrogen-bond acceptors (Lipinski definition) is 7. The third kappa shape index (κ3) is 3.69. The second-order valence-corrected chi connectivity index (χ2v) is 5.30. The summed E-state index contributed by atoms with van der Waals surface area (Å²) >= 11 is 1.20. The number of H-pyrrole nitrogens is 1. The molecular formula is C12H16N6O2S. The van der Waals surface area contributed by atoms with E-state index in [4.69, 9.17) is 0 Å². The van der Waals surface area contributed by atoms with Crippen LogP contribution in [0.4, 0.5) is 5.82 Å². The van der Waals surface area contributed by atoms with Gasteiger partial charge in [-0.25, -0.2) is 9.97 Å². The van der Waals surface area contributed by atoms with Gasteiger partial charge in [-0.05, 0) is 18.2 Å². The second-order valence-electron chi connectivity index (χ2n) is 4.31. The molecule has 2 rings (SSSR count). The lowest BCUT2D eigenvalue weighted by Gasteiger charge is -2.08. The molecule has 0 aliphatic carbocycles. The Morgan fingerprint density at radius 3 is 2.76 bits per heavy atom. The number of nitrogens with one attached hydrogen (secondary N) is 2. The van der Waals surface area contributed by atoms with E-state index in [1.807, 2.05) is 0 Å². The first-order valence-electron chi connectivity index (χ1n) is 6.44. The fourth-order valence-electron chi connectivity index (χ4n) is 1.63. The van der Waals surface area contributed by atoms with Crippen LogP contribution < -0.4 is 16.4 Å². The van der Waals surface area contributed by atoms with Crippen molar-refractivity contribution in [2.45, 2.75) is 29.9 Å². The standard InChI is InChI=1S/C12H16N6O2S/c1-4-5-7-14-8(13-2)6-9(15-7)21-12-16-10(19)11(20)17-18(12)3/h6H,4-5H2,1-3H3,(H,17,20)(H,13,14,15). The summed E-state index contributed by atoms with van der Waals surface area (Å²) in [5.74, 6) is 1.42. The Morgan fingerprint density at radius 1 is 1.33 bits per heavy atom. The predicted octanol–water partition coefficient (Wildman–Crippen LogP) is 0.404. The van der Waals surface area contributed by atoms with Gasteiger partial charge in [0.15, 0.2) is 5.16 Å². The highest BCUT2D eigenvalue weighted by molar-refractivity contribution is 7.99. The first kappa shape index (κ1) is 15.2. The highest BCUT2D eigenvalue weighted by Gasteiger charge is 2.10. The van der Waals surface area contributed by atoms with Crippen molar-refractivity contribution in [3.8, 4) is 0 Å². The Labute approximate surface area is 125 Å². The summed E-state index contributed by atoms with van der Waals surface area (Å²) < 4.78 is 1.40. The molecule has 0 fully saturated rings. The van der Waals surface area contributed by atoms with Crippen LogP contribution in [0, 0.1) is 0 Å². The summed E-state index contributed by atoms with van der Waals surface area (Å²) in [6.07, 6.45) is 1.70. The normalized spacial score (nSPS) is 10.6. The highest BCUT2D eigenvalue weighted by atomic mass is 32.2. The molecule has 9 heteroatoms. The predicted molar refractivity (Wildman–Crippen MR) is 79.8 cm³/mol. The third-order valence-corrected chi connectivity index (χ3v) is 3.59. The van der Waals surface area contributed by atoms with Crippen LogP contribution >= 0.6 is 11.8 Å². The fraction of sp³-hybridized carbons (Fsp3) is 0.417. The van der Waals surface area contributed by atoms with E-state index in [0.717, 1.165) is 18.7 Å². The Hall–Kier alpha value is -2.16. The maximum absolute atomic E-state index is 11.3. The average molecular weight is 308 g/mol. The minimum Gasteiger partial charge on any atom is -0.373 e. The number of aromatic amines is 1. The van der Waals surface area contributed by atoms with Crippen LogP contribution in [0.25, 0.3) is 0 Å². The lowest BCUT2D eigenvalue weighted by Crippen LogP contribution is -2.33. The van der Waals surface area contributed by atoms with Crippen LogP contribution in [0.3, 0.4) is 0 Å². The lowest BCUT2D eigenvalue weighted by atomic mass is 10.3. The zero-order chi connectivity index (χ0) is 15.4. The smallest absolute Gasteiger partial charge is 0.339 e. The van der Waals surface area contributed by atoms with Crippen LogP contribution in [0.1, 0.15) is 19.2 Å². The number of hydrogen-bond donors (Lipinski definition) is 2. The Balaban J connectivity index is 2.39. The van der Waals surface area contributed by atoms with E-state index in [9.17, 15) is 9.59 Å². The van der Waals surface area contributed by atoms with Gasteiger partial charge in [-0.1, -0.05) is 6.92 Å². The van der Waals surface area contributed by atoms with Gasteiger partial charge in [-0.2, -0.15) is 4.98 Å². The average Bonchev–Trinajstić information content (AvgIpc) is 2.45. The topological polar surface area (TPSA) is 106 Å². The van der Waals surface area contributed by atoms with Gasteiger partial charge in [-0.3, -0.25) is 19.4 Å². The van der Waals surface area contributed by atoms with Crippen molar-refractivity contribution in [2.24, 2.45) is 7.05 Å². The van der Waals surface area contributed by atoms with E-state index in [1.54, 1.807) is 20.2 Å². The molecule has 8 nitrogen and oxygen atoms in total. The van der Waals surface area contributed by atoms with E-state index < -0.39 is 11.1 Å². The largest absolute Gasteiger partial charge is 0.373 e. The lowest BCUT2D eigenvalue weighted by molar-refractivity contribution is 0.596. The van der Waals surface area contributed by atoms with Crippen LogP contribution in [-0.4, -0.2) is 31.8 Å². The molecule has 112 valence electrons. The van der Waals surface area contributed by atoms with Crippen LogP contribution in [0.2, 0.25) is 0 Å². The summed E-state index contributed by atoms with van der Waals surface area (Å²) in [6.45, 7) is 2.05. The van der Waals surface area contributed by atoms with Crippen LogP contribution in [0.15, 0.2) is 25.8 Å². The van der Waals surface area contributed by atoms with Gasteiger partial charge in [0.1, 0.15) is 16.7 Å². The summed E-state index contributed by atoms with van der Waals surface area (Å²) in [7, 11) is 3.39. The number of rotatable bonds is 5. The SMILES string of the molecule is CCCc1nc(NC)cc(Sc2nc(=O)c(=O)[nH]n2C)n1. The van der Waals surface area contributed by atoms with Crippen molar-refractivity contribution < 1.29 is 0 Å². The van der Waals surface area contributed by atoms with Crippen molar-refractivity contribution in [1.82, 2.24) is 24.7 Å². The minimum absolute atomic E-state index is 0.364. The highest BCUT2D eigenvalue weighted by Crippen LogP contribution is 2.24. The summed E-state index contributed by atoms with van der Waals surface area (Å²) in [6, 6.07) is 1.76. The molecular weight excluding hydrogens is 292 g/mol. The van der Waals surface area contributed by atoms with E-state index in [-0.39, 0.29) is 0 Å². The van der Waals surface area contributed by atoms with Crippen molar-refractivity contribution >= 4 is 17.6 Å². The van der Waals surface area contributed by atoms with Crippen molar-refractivity contribution in [2.75, 3.05) is 12.4 Å². The van der Waals surface area contributed by atoms with Gasteiger partial charge in [-0.15, -0.1) is 0 Å². The Bertz CT molecular complexity index is 754. The molecule has 0 unspecified atom stereocenters. The number of aryl methyl sites for hydroxylation is 2. The molecule has 2 N–H and O–H groups in total. The van der Waals surface area contributed by atoms with Gasteiger partial charge < -0.3 is 5.32 Å². The first-order valence-corrected chi connectivity index (χ1v) is 7.26. The number of nitrogens with zero attached hydrogens (tertiary/aromatic N) is 4. The minimum atomic E-state index is -0.813. The van der Waals surface area contributed by atoms with Gasteiger partial charge in [0.05, 0.1) is 0 Å². The molecule has 2 aromatic rings. The van der Waals surface area contributed by atoms with E-state index in [2.05, 4.69) is 32.3 Å². The van der Waals surface area contributed by atoms with Crippen molar-refractivity contribution in [3.63, 3.8) is 0 Å². The van der Waals surface area contributed by atoms with Gasteiger partial charge >= 0.3 is 11.1 Å². The molecule has 0 bridgehead atoms. The summed E-state index contributed by atoms with van der Waals surface area (Å²) in [5, 5.41) is 6.40. The van der Waals surface area contributed by atoms with Crippen molar-refractivity contribution in [3.05, 3.63) is 32.6 Å². The van der Waals surface area contributed by atoms with Gasteiger partial charge in [0.2, 0.25) is 0 Å². The molecule has 0 atom stereocenters. The van der Waals surface area contributed by atoms with E-state index in [0.29, 0.717) is 16.0 Å². The molecule has 0 aliphatic rings. The van der Waals surface area contributed by atoms with E-state index in [1.165, 1.54) is 16.4 Å². The monoisotopic (exact) mass is 308 g/mol. The summed E-state index contributed by atoms with van der Waals surface area (Å²) in [5.41, 5.74) is -1.56. The van der Waals surface area contributed by atoms with Gasteiger partial charge in [0, 0.05) is 26.6 Å². The molecule has 0 saturated heterocycles. The maximum atomic E-state index is 11.3. The fourth-order valence-corrected chi connectivity index (χ4v) is 2.45. The molecule has 0 spiro atoms. The zero-order valence-corrected chi connectivity index (χ0v) is 12.8.